The summed E-state index contributed by atoms with van der Waals surface area (Å²) < 4.78 is 4.74. The predicted molar refractivity (Wildman–Crippen MR) is 89.2 cm³/mol. The quantitative estimate of drug-likeness (QED) is 0.383. The SMILES string of the molecule is CCCCNC(=O)NC(=O)COC(=O)c1[nH+]c(Cl)c(Cl)c(N)c1Cl. The van der Waals surface area contributed by atoms with E-state index in [2.05, 4.69) is 10.3 Å². The van der Waals surface area contributed by atoms with Gasteiger partial charge >= 0.3 is 17.7 Å². The molecule has 11 heteroatoms. The van der Waals surface area contributed by atoms with Crippen molar-refractivity contribution in [1.82, 2.24) is 10.6 Å². The summed E-state index contributed by atoms with van der Waals surface area (Å²) in [5.74, 6) is -1.78. The van der Waals surface area contributed by atoms with Crippen LogP contribution in [-0.2, 0) is 9.53 Å². The van der Waals surface area contributed by atoms with Crippen LogP contribution in [0.15, 0.2) is 0 Å². The number of urea groups is 1. The summed E-state index contributed by atoms with van der Waals surface area (Å²) in [6.45, 7) is 1.70. The molecule has 0 saturated carbocycles. The van der Waals surface area contributed by atoms with Gasteiger partial charge in [-0.15, -0.1) is 0 Å². The fraction of sp³-hybridized carbons (Fsp3) is 0.385. The number of nitrogens with two attached hydrogens (primary N) is 1. The molecule has 0 aliphatic heterocycles. The van der Waals surface area contributed by atoms with Crippen molar-refractivity contribution >= 4 is 58.4 Å². The molecule has 1 rings (SSSR count). The van der Waals surface area contributed by atoms with Crippen molar-refractivity contribution in [3.8, 4) is 0 Å². The first-order chi connectivity index (χ1) is 11.3. The van der Waals surface area contributed by atoms with E-state index in [1.165, 1.54) is 0 Å². The number of imide groups is 1. The normalized spacial score (nSPS) is 10.2. The lowest BCUT2D eigenvalue weighted by molar-refractivity contribution is -0.380. The van der Waals surface area contributed by atoms with Gasteiger partial charge < -0.3 is 15.8 Å². The number of hydrogen-bond donors (Lipinski definition) is 3. The molecule has 1 aromatic rings. The first-order valence-electron chi connectivity index (χ1n) is 6.88. The topological polar surface area (TPSA) is 125 Å². The number of amides is 3. The second kappa shape index (κ2) is 9.51. The number of carbonyl (C=O) groups is 3. The van der Waals surface area contributed by atoms with Gasteiger partial charge in [-0.3, -0.25) is 10.1 Å². The Balaban J connectivity index is 2.58. The van der Waals surface area contributed by atoms with Gasteiger partial charge in [-0.05, 0) is 18.0 Å². The maximum Gasteiger partial charge on any atom is 0.405 e. The first kappa shape index (κ1) is 20.3. The number of ether oxygens (including phenoxy) is 1. The Labute approximate surface area is 153 Å². The second-order valence-electron chi connectivity index (χ2n) is 4.59. The average molecular weight is 399 g/mol. The smallest absolute Gasteiger partial charge is 0.405 e. The number of hydrogen-bond acceptors (Lipinski definition) is 5. The van der Waals surface area contributed by atoms with E-state index < -0.39 is 24.5 Å². The monoisotopic (exact) mass is 397 g/mol. The van der Waals surface area contributed by atoms with Crippen molar-refractivity contribution < 1.29 is 24.1 Å². The van der Waals surface area contributed by atoms with Crippen molar-refractivity contribution in [2.75, 3.05) is 18.9 Å². The number of nitrogens with one attached hydrogen (secondary N) is 3. The third-order valence-corrected chi connectivity index (χ3v) is 3.89. The van der Waals surface area contributed by atoms with Gasteiger partial charge in [0.05, 0.1) is 5.69 Å². The van der Waals surface area contributed by atoms with Crippen LogP contribution in [0.1, 0.15) is 30.3 Å². The van der Waals surface area contributed by atoms with Gasteiger partial charge in [0.15, 0.2) is 6.61 Å². The number of rotatable bonds is 6. The van der Waals surface area contributed by atoms with Gasteiger partial charge in [0.25, 0.3) is 11.1 Å². The largest absolute Gasteiger partial charge is 0.448 e. The number of aromatic nitrogens is 1. The van der Waals surface area contributed by atoms with Crippen LogP contribution >= 0.6 is 34.8 Å². The molecule has 8 nitrogen and oxygen atoms in total. The number of halogens is 3. The summed E-state index contributed by atoms with van der Waals surface area (Å²) in [5, 5.41) is 4.15. The highest BCUT2D eigenvalue weighted by Gasteiger charge is 2.27. The van der Waals surface area contributed by atoms with Gasteiger partial charge in [-0.1, -0.05) is 36.5 Å². The third-order valence-electron chi connectivity index (χ3n) is 2.73. The lowest BCUT2D eigenvalue weighted by Crippen LogP contribution is -2.41. The average Bonchev–Trinajstić information content (AvgIpc) is 2.54. The van der Waals surface area contributed by atoms with Crippen LogP contribution in [0.4, 0.5) is 10.5 Å². The van der Waals surface area contributed by atoms with Crippen LogP contribution < -0.4 is 21.4 Å². The lowest BCUT2D eigenvalue weighted by atomic mass is 10.3. The standard InChI is InChI=1S/C13H15Cl3N4O4/c1-2-3-4-18-13(23)19-6(21)5-24-12(22)10-7(14)9(17)8(15)11(16)20-10/h2-5H2,1H3,(H2,17,20)(H2,18,19,21,23)/p+1. The Kier molecular flexibility index (Phi) is 8.03. The van der Waals surface area contributed by atoms with Gasteiger partial charge in [-0.25, -0.2) is 9.59 Å². The summed E-state index contributed by atoms with van der Waals surface area (Å²) >= 11 is 17.4. The molecule has 1 aromatic heterocycles. The summed E-state index contributed by atoms with van der Waals surface area (Å²) in [6, 6.07) is -0.673. The molecule has 0 unspecified atom stereocenters. The fourth-order valence-corrected chi connectivity index (χ4v) is 2.10. The molecule has 24 heavy (non-hydrogen) atoms. The van der Waals surface area contributed by atoms with Crippen LogP contribution in [0.5, 0.6) is 0 Å². The molecule has 0 radical (unpaired) electrons. The van der Waals surface area contributed by atoms with E-state index in [1.807, 2.05) is 12.2 Å². The molecule has 0 bridgehead atoms. The van der Waals surface area contributed by atoms with Gasteiger partial charge in [0, 0.05) is 6.54 Å². The molecular formula is C13H16Cl3N4O4+. The number of aromatic amines is 1. The van der Waals surface area contributed by atoms with Gasteiger partial charge in [-0.2, -0.15) is 4.98 Å². The number of H-pyrrole nitrogens is 1. The molecule has 0 atom stereocenters. The molecule has 0 fully saturated rings. The number of anilines is 1. The summed E-state index contributed by atoms with van der Waals surface area (Å²) in [7, 11) is 0. The highest BCUT2D eigenvalue weighted by molar-refractivity contribution is 6.45. The zero-order valence-electron chi connectivity index (χ0n) is 12.7. The summed E-state index contributed by atoms with van der Waals surface area (Å²) in [4.78, 5) is 37.2. The number of carbonyl (C=O) groups excluding carboxylic acids is 3. The van der Waals surface area contributed by atoms with E-state index >= 15 is 0 Å². The van der Waals surface area contributed by atoms with Crippen molar-refractivity contribution in [3.05, 3.63) is 20.9 Å². The molecule has 0 aromatic carbocycles. The molecule has 0 aliphatic carbocycles. The molecule has 0 spiro atoms. The van der Waals surface area contributed by atoms with Gasteiger partial charge in [0.1, 0.15) is 10.0 Å². The van der Waals surface area contributed by atoms with E-state index in [-0.39, 0.29) is 26.6 Å². The van der Waals surface area contributed by atoms with Crippen LogP contribution in [0.3, 0.4) is 0 Å². The Morgan fingerprint density at radius 1 is 1.21 bits per heavy atom. The Morgan fingerprint density at radius 3 is 2.50 bits per heavy atom. The van der Waals surface area contributed by atoms with E-state index in [1.54, 1.807) is 0 Å². The van der Waals surface area contributed by atoms with Crippen LogP contribution in [-0.4, -0.2) is 31.1 Å². The molecule has 1 heterocycles. The van der Waals surface area contributed by atoms with Crippen molar-refractivity contribution in [3.63, 3.8) is 0 Å². The Morgan fingerprint density at radius 2 is 1.88 bits per heavy atom. The van der Waals surface area contributed by atoms with E-state index in [0.717, 1.165) is 12.8 Å². The molecule has 0 aliphatic rings. The summed E-state index contributed by atoms with van der Waals surface area (Å²) in [5.41, 5.74) is 5.23. The molecule has 132 valence electrons. The molecular weight excluding hydrogens is 383 g/mol. The highest BCUT2D eigenvalue weighted by atomic mass is 35.5. The van der Waals surface area contributed by atoms with Gasteiger partial charge in [0.2, 0.25) is 0 Å². The second-order valence-corrected chi connectivity index (χ2v) is 5.72. The number of unbranched alkanes of at least 4 members (excludes halogenated alkanes) is 1. The highest BCUT2D eigenvalue weighted by Crippen LogP contribution is 2.32. The maximum atomic E-state index is 11.9. The minimum atomic E-state index is -0.980. The van der Waals surface area contributed by atoms with Crippen LogP contribution in [0, 0.1) is 0 Å². The number of nitrogen functional groups attached to an aromatic ring is 1. The maximum absolute atomic E-state index is 11.9. The van der Waals surface area contributed by atoms with Crippen molar-refractivity contribution in [2.24, 2.45) is 0 Å². The number of pyridine rings is 1. The lowest BCUT2D eigenvalue weighted by Gasteiger charge is -2.07. The van der Waals surface area contributed by atoms with Crippen LogP contribution in [0.2, 0.25) is 15.2 Å². The predicted octanol–water partition coefficient (Wildman–Crippen LogP) is 1.83. The first-order valence-corrected chi connectivity index (χ1v) is 8.01. The number of esters is 1. The zero-order valence-corrected chi connectivity index (χ0v) is 14.9. The molecule has 5 N–H and O–H groups in total. The fourth-order valence-electron chi connectivity index (χ4n) is 1.50. The van der Waals surface area contributed by atoms with E-state index in [0.29, 0.717) is 6.54 Å². The van der Waals surface area contributed by atoms with Crippen molar-refractivity contribution in [1.29, 1.82) is 0 Å². The third kappa shape index (κ3) is 5.70. The zero-order chi connectivity index (χ0) is 18.3. The summed E-state index contributed by atoms with van der Waals surface area (Å²) in [6.07, 6.45) is 1.68. The Bertz CT molecular complexity index is 655. The van der Waals surface area contributed by atoms with E-state index in [9.17, 15) is 14.4 Å². The van der Waals surface area contributed by atoms with Crippen LogP contribution in [0.25, 0.3) is 0 Å². The molecule has 0 saturated heterocycles. The molecule has 3 amide bonds. The van der Waals surface area contributed by atoms with E-state index in [4.69, 9.17) is 45.3 Å². The van der Waals surface area contributed by atoms with Crippen molar-refractivity contribution in [2.45, 2.75) is 19.8 Å². The minimum absolute atomic E-state index is 0.0419. The minimum Gasteiger partial charge on any atom is -0.448 e. The Hall–Kier alpha value is -1.77.